The van der Waals surface area contributed by atoms with Crippen molar-refractivity contribution in [2.24, 2.45) is 0 Å². The summed E-state index contributed by atoms with van der Waals surface area (Å²) in [5.74, 6) is -0.761. The van der Waals surface area contributed by atoms with Gasteiger partial charge in [-0.25, -0.2) is 9.59 Å². The van der Waals surface area contributed by atoms with Crippen molar-refractivity contribution in [2.45, 2.75) is 6.92 Å². The molecule has 0 unspecified atom stereocenters. The molecule has 1 aliphatic rings. The van der Waals surface area contributed by atoms with E-state index in [1.54, 1.807) is 68.6 Å². The van der Waals surface area contributed by atoms with Crippen LogP contribution in [-0.4, -0.2) is 39.2 Å². The van der Waals surface area contributed by atoms with Crippen LogP contribution in [-0.2, 0) is 19.1 Å². The Kier molecular flexibility index (Phi) is 6.01. The number of methoxy groups -OCH3 is 3. The van der Waals surface area contributed by atoms with E-state index in [2.05, 4.69) is 0 Å². The number of carbonyl (C=O) groups is 3. The van der Waals surface area contributed by atoms with Gasteiger partial charge in [0.15, 0.2) is 0 Å². The van der Waals surface area contributed by atoms with Crippen LogP contribution in [0.2, 0.25) is 0 Å². The van der Waals surface area contributed by atoms with Crippen molar-refractivity contribution in [1.82, 2.24) is 0 Å². The molecular formula is C23H21NO6. The highest BCUT2D eigenvalue weighted by atomic mass is 16.5. The van der Waals surface area contributed by atoms with E-state index in [0.717, 1.165) is 5.56 Å². The third kappa shape index (κ3) is 3.82. The van der Waals surface area contributed by atoms with Crippen molar-refractivity contribution in [3.63, 3.8) is 0 Å². The Bertz CT molecular complexity index is 1050. The zero-order chi connectivity index (χ0) is 21.8. The molecule has 2 aromatic carbocycles. The lowest BCUT2D eigenvalue weighted by atomic mass is 10.0. The minimum absolute atomic E-state index is 0.190. The van der Waals surface area contributed by atoms with Gasteiger partial charge in [-0.2, -0.15) is 0 Å². The van der Waals surface area contributed by atoms with E-state index in [-0.39, 0.29) is 17.1 Å². The predicted octanol–water partition coefficient (Wildman–Crippen LogP) is 3.36. The monoisotopic (exact) mass is 407 g/mol. The summed E-state index contributed by atoms with van der Waals surface area (Å²) in [4.78, 5) is 38.8. The summed E-state index contributed by atoms with van der Waals surface area (Å²) in [5, 5.41) is 0. The number of rotatable bonds is 5. The van der Waals surface area contributed by atoms with E-state index < -0.39 is 11.9 Å². The molecule has 3 rings (SSSR count). The molecule has 1 amide bonds. The summed E-state index contributed by atoms with van der Waals surface area (Å²) in [6.07, 6.45) is 1.64. The molecule has 0 saturated heterocycles. The van der Waals surface area contributed by atoms with E-state index in [9.17, 15) is 14.4 Å². The van der Waals surface area contributed by atoms with Crippen molar-refractivity contribution >= 4 is 29.6 Å². The molecule has 154 valence electrons. The number of ether oxygens (including phenoxy) is 3. The molecule has 0 atom stereocenters. The van der Waals surface area contributed by atoms with E-state index in [4.69, 9.17) is 14.2 Å². The fourth-order valence-corrected chi connectivity index (χ4v) is 3.22. The summed E-state index contributed by atoms with van der Waals surface area (Å²) in [7, 11) is 4.14. The van der Waals surface area contributed by atoms with E-state index >= 15 is 0 Å². The lowest BCUT2D eigenvalue weighted by Crippen LogP contribution is -2.24. The molecule has 0 saturated carbocycles. The molecule has 0 aliphatic carbocycles. The number of hydrogen-bond acceptors (Lipinski definition) is 6. The van der Waals surface area contributed by atoms with Gasteiger partial charge in [0.05, 0.1) is 38.0 Å². The molecule has 0 fully saturated rings. The van der Waals surface area contributed by atoms with Gasteiger partial charge in [-0.05, 0) is 55.0 Å². The maximum atomic E-state index is 13.2. The van der Waals surface area contributed by atoms with Crippen LogP contribution in [0.3, 0.4) is 0 Å². The zero-order valence-electron chi connectivity index (χ0n) is 17.1. The molecular weight excluding hydrogens is 386 g/mol. The molecule has 30 heavy (non-hydrogen) atoms. The van der Waals surface area contributed by atoms with Gasteiger partial charge in [0.25, 0.3) is 5.91 Å². The number of hydrogen-bond donors (Lipinski definition) is 0. The van der Waals surface area contributed by atoms with E-state index in [0.29, 0.717) is 22.7 Å². The second-order valence-electron chi connectivity index (χ2n) is 6.46. The topological polar surface area (TPSA) is 82.1 Å². The SMILES string of the molecule is COC(=O)C1=C(C)N(c2ccc(C(=O)OC)cc2)C(=O)/C1=C\c1ccc(OC)cc1. The summed E-state index contributed by atoms with van der Waals surface area (Å²) < 4.78 is 14.8. The number of esters is 2. The molecule has 0 radical (unpaired) electrons. The Morgan fingerprint density at radius 1 is 0.867 bits per heavy atom. The van der Waals surface area contributed by atoms with Crippen LogP contribution in [0.25, 0.3) is 6.08 Å². The minimum atomic E-state index is -0.603. The average Bonchev–Trinajstić information content (AvgIpc) is 3.02. The second kappa shape index (κ2) is 8.65. The van der Waals surface area contributed by atoms with Crippen LogP contribution in [0.15, 0.2) is 65.4 Å². The Balaban J connectivity index is 2.05. The second-order valence-corrected chi connectivity index (χ2v) is 6.46. The Morgan fingerprint density at radius 2 is 1.47 bits per heavy atom. The molecule has 0 bridgehead atoms. The third-order valence-corrected chi connectivity index (χ3v) is 4.76. The normalized spacial score (nSPS) is 14.9. The molecule has 0 aromatic heterocycles. The van der Waals surface area contributed by atoms with Crippen LogP contribution in [0.5, 0.6) is 5.75 Å². The maximum Gasteiger partial charge on any atom is 0.340 e. The number of carbonyl (C=O) groups excluding carboxylic acids is 3. The van der Waals surface area contributed by atoms with Gasteiger partial charge < -0.3 is 14.2 Å². The third-order valence-electron chi connectivity index (χ3n) is 4.76. The maximum absolute atomic E-state index is 13.2. The van der Waals surface area contributed by atoms with Gasteiger partial charge in [-0.15, -0.1) is 0 Å². The van der Waals surface area contributed by atoms with Crippen LogP contribution >= 0.6 is 0 Å². The first-order chi connectivity index (χ1) is 14.4. The number of anilines is 1. The smallest absolute Gasteiger partial charge is 0.340 e. The summed E-state index contributed by atoms with van der Waals surface area (Å²) in [6, 6.07) is 13.5. The van der Waals surface area contributed by atoms with Crippen molar-refractivity contribution in [2.75, 3.05) is 26.2 Å². The summed E-state index contributed by atoms with van der Waals surface area (Å²) in [5.41, 5.74) is 2.46. The van der Waals surface area contributed by atoms with Crippen LogP contribution in [0.1, 0.15) is 22.8 Å². The van der Waals surface area contributed by atoms with Crippen LogP contribution < -0.4 is 9.64 Å². The Morgan fingerprint density at radius 3 is 2.00 bits per heavy atom. The fraction of sp³-hybridized carbons (Fsp3) is 0.174. The Hall–Kier alpha value is -3.87. The molecule has 0 N–H and O–H groups in total. The van der Waals surface area contributed by atoms with Crippen molar-refractivity contribution < 1.29 is 28.6 Å². The first-order valence-corrected chi connectivity index (χ1v) is 9.09. The molecule has 2 aromatic rings. The van der Waals surface area contributed by atoms with Gasteiger partial charge >= 0.3 is 11.9 Å². The standard InChI is InChI=1S/C23H21NO6/c1-14-20(23(27)30-4)19(13-15-5-11-18(28-2)12-6-15)21(25)24(14)17-9-7-16(8-10-17)22(26)29-3/h5-13H,1-4H3/b19-13-. The predicted molar refractivity (Wildman–Crippen MR) is 111 cm³/mol. The van der Waals surface area contributed by atoms with Gasteiger partial charge in [0.1, 0.15) is 5.75 Å². The van der Waals surface area contributed by atoms with Gasteiger partial charge in [-0.1, -0.05) is 12.1 Å². The molecule has 7 nitrogen and oxygen atoms in total. The largest absolute Gasteiger partial charge is 0.497 e. The quantitative estimate of drug-likeness (QED) is 0.558. The molecule has 0 spiro atoms. The van der Waals surface area contributed by atoms with Crippen LogP contribution in [0, 0.1) is 0 Å². The lowest BCUT2D eigenvalue weighted by Gasteiger charge is -2.18. The number of benzene rings is 2. The van der Waals surface area contributed by atoms with E-state index in [1.165, 1.54) is 19.1 Å². The van der Waals surface area contributed by atoms with Gasteiger partial charge in [-0.3, -0.25) is 9.69 Å². The first-order valence-electron chi connectivity index (χ1n) is 9.09. The fourth-order valence-electron chi connectivity index (χ4n) is 3.22. The average molecular weight is 407 g/mol. The Labute approximate surface area is 174 Å². The van der Waals surface area contributed by atoms with Crippen molar-refractivity contribution in [1.29, 1.82) is 0 Å². The molecule has 1 aliphatic heterocycles. The number of amides is 1. The van der Waals surface area contributed by atoms with E-state index in [1.807, 2.05) is 0 Å². The molecule has 1 heterocycles. The van der Waals surface area contributed by atoms with Crippen LogP contribution in [0.4, 0.5) is 5.69 Å². The number of nitrogens with zero attached hydrogens (tertiary/aromatic N) is 1. The molecule has 7 heteroatoms. The highest BCUT2D eigenvalue weighted by Gasteiger charge is 2.37. The first kappa shape index (κ1) is 20.9. The summed E-state index contributed by atoms with van der Waals surface area (Å²) in [6.45, 7) is 1.67. The van der Waals surface area contributed by atoms with Crippen molar-refractivity contribution in [3.05, 3.63) is 76.5 Å². The highest BCUT2D eigenvalue weighted by Crippen LogP contribution is 2.35. The van der Waals surface area contributed by atoms with Crippen molar-refractivity contribution in [3.8, 4) is 5.75 Å². The zero-order valence-corrected chi connectivity index (χ0v) is 17.1. The number of allylic oxidation sites excluding steroid dienone is 1. The van der Waals surface area contributed by atoms with Gasteiger partial charge in [0, 0.05) is 11.4 Å². The minimum Gasteiger partial charge on any atom is -0.497 e. The lowest BCUT2D eigenvalue weighted by molar-refractivity contribution is -0.136. The summed E-state index contributed by atoms with van der Waals surface area (Å²) >= 11 is 0. The highest BCUT2D eigenvalue weighted by molar-refractivity contribution is 6.23. The van der Waals surface area contributed by atoms with Gasteiger partial charge in [0.2, 0.25) is 0 Å².